The summed E-state index contributed by atoms with van der Waals surface area (Å²) in [6.45, 7) is 8.00. The minimum Gasteiger partial charge on any atom is -0.466 e. The van der Waals surface area contributed by atoms with Gasteiger partial charge in [0.2, 0.25) is 0 Å². The second kappa shape index (κ2) is 9.62. The van der Waals surface area contributed by atoms with Crippen LogP contribution < -0.4 is 4.90 Å². The molecule has 0 spiro atoms. The number of nitriles is 1. The van der Waals surface area contributed by atoms with Gasteiger partial charge < -0.3 is 14.4 Å². The lowest BCUT2D eigenvalue weighted by Gasteiger charge is -2.30. The molecule has 2 rings (SSSR count). The summed E-state index contributed by atoms with van der Waals surface area (Å²) < 4.78 is 12.5. The van der Waals surface area contributed by atoms with E-state index in [-0.39, 0.29) is 24.1 Å². The fourth-order valence-corrected chi connectivity index (χ4v) is 3.73. The molecule has 1 N–H and O–H groups in total. The van der Waals surface area contributed by atoms with Gasteiger partial charge in [-0.3, -0.25) is 9.36 Å². The summed E-state index contributed by atoms with van der Waals surface area (Å²) in [5.74, 6) is -0.756. The van der Waals surface area contributed by atoms with E-state index < -0.39 is 5.97 Å². The first-order valence-electron chi connectivity index (χ1n) is 9.24. The van der Waals surface area contributed by atoms with Crippen molar-refractivity contribution >= 4 is 24.2 Å². The zero-order chi connectivity index (χ0) is 20.0. The lowest BCUT2D eigenvalue weighted by molar-refractivity contribution is -0.930. The van der Waals surface area contributed by atoms with Crippen LogP contribution in [0.25, 0.3) is 0 Å². The minimum absolute atomic E-state index is 0.133. The molecule has 0 saturated carbocycles. The Balaban J connectivity index is 2.31. The number of rotatable bonds is 6. The average molecular weight is 393 g/mol. The van der Waals surface area contributed by atoms with Crippen LogP contribution in [0.5, 0.6) is 0 Å². The molecule has 1 saturated heterocycles. The Kier molecular flexibility index (Phi) is 7.51. The van der Waals surface area contributed by atoms with Crippen LogP contribution in [0.15, 0.2) is 6.07 Å². The number of quaternary nitrogens is 1. The molecule has 0 aliphatic carbocycles. The maximum absolute atomic E-state index is 12.3. The number of nitrogens with zero attached hydrogens (tertiary/aromatic N) is 2. The van der Waals surface area contributed by atoms with Crippen molar-refractivity contribution in [3.05, 3.63) is 27.5 Å². The van der Waals surface area contributed by atoms with E-state index in [0.29, 0.717) is 35.7 Å². The van der Waals surface area contributed by atoms with E-state index in [4.69, 9.17) is 21.7 Å². The molecule has 146 valence electrons. The minimum atomic E-state index is -0.465. The van der Waals surface area contributed by atoms with E-state index >= 15 is 0 Å². The summed E-state index contributed by atoms with van der Waals surface area (Å²) in [6.07, 6.45) is 1.73. The van der Waals surface area contributed by atoms with Crippen LogP contribution in [0.2, 0.25) is 0 Å². The van der Waals surface area contributed by atoms with Crippen molar-refractivity contribution in [3.8, 4) is 6.07 Å². The molecule has 0 aromatic carbocycles. The molecule has 1 aromatic rings. The number of hydrogen-bond donors (Lipinski definition) is 1. The Morgan fingerprint density at radius 2 is 2.07 bits per heavy atom. The van der Waals surface area contributed by atoms with Crippen molar-refractivity contribution in [2.45, 2.75) is 40.3 Å². The Morgan fingerprint density at radius 1 is 1.37 bits per heavy atom. The molecule has 8 heteroatoms. The van der Waals surface area contributed by atoms with Crippen LogP contribution in [0.3, 0.4) is 0 Å². The number of esters is 2. The van der Waals surface area contributed by atoms with Crippen molar-refractivity contribution < 1.29 is 24.0 Å². The molecule has 0 radical (unpaired) electrons. The van der Waals surface area contributed by atoms with E-state index in [9.17, 15) is 14.9 Å². The maximum atomic E-state index is 12.3. The molecule has 1 aliphatic rings. The highest BCUT2D eigenvalue weighted by molar-refractivity contribution is 7.71. The number of ether oxygens (including phenoxy) is 2. The number of hydrogen-bond acceptors (Lipinski definition) is 6. The topological polar surface area (TPSA) is 85.8 Å². The first-order chi connectivity index (χ1) is 12.9. The van der Waals surface area contributed by atoms with Crippen molar-refractivity contribution in [2.24, 2.45) is 5.92 Å². The highest BCUT2D eigenvalue weighted by Gasteiger charge is 2.30. The van der Waals surface area contributed by atoms with Gasteiger partial charge >= 0.3 is 11.9 Å². The SMILES string of the molecule is CCOC(=O)c1cc(C#N)c(=S)n(C[NH+]2CCC[C@@H](C(=O)OCC)C2)c1C. The van der Waals surface area contributed by atoms with Crippen molar-refractivity contribution in [3.63, 3.8) is 0 Å². The van der Waals surface area contributed by atoms with Crippen molar-refractivity contribution in [1.29, 1.82) is 5.26 Å². The highest BCUT2D eigenvalue weighted by Crippen LogP contribution is 2.15. The molecule has 0 bridgehead atoms. The van der Waals surface area contributed by atoms with Gasteiger partial charge in [-0.05, 0) is 39.7 Å². The zero-order valence-electron chi connectivity index (χ0n) is 16.0. The second-order valence-electron chi connectivity index (χ2n) is 6.58. The molecule has 7 nitrogen and oxygen atoms in total. The number of carbonyl (C=O) groups excluding carboxylic acids is 2. The van der Waals surface area contributed by atoms with E-state index in [1.807, 2.05) is 4.57 Å². The van der Waals surface area contributed by atoms with E-state index in [2.05, 4.69) is 6.07 Å². The van der Waals surface area contributed by atoms with Crippen LogP contribution in [-0.4, -0.2) is 42.8 Å². The number of carbonyl (C=O) groups is 2. The van der Waals surface area contributed by atoms with Gasteiger partial charge in [-0.2, -0.15) is 5.26 Å². The molecular formula is C19H26N3O4S+. The summed E-state index contributed by atoms with van der Waals surface area (Å²) in [5, 5.41) is 9.40. The summed E-state index contributed by atoms with van der Waals surface area (Å²) in [4.78, 5) is 25.5. The Hall–Kier alpha value is -2.24. The summed E-state index contributed by atoms with van der Waals surface area (Å²) >= 11 is 5.46. The fourth-order valence-electron chi connectivity index (χ4n) is 3.42. The van der Waals surface area contributed by atoms with Gasteiger partial charge in [-0.25, -0.2) is 4.79 Å². The molecule has 1 aromatic heterocycles. The predicted octanol–water partition coefficient (Wildman–Crippen LogP) is 1.39. The number of piperidine rings is 1. The van der Waals surface area contributed by atoms with Gasteiger partial charge in [0.15, 0.2) is 6.67 Å². The Morgan fingerprint density at radius 3 is 2.70 bits per heavy atom. The molecule has 2 atom stereocenters. The summed E-state index contributed by atoms with van der Waals surface area (Å²) in [6, 6.07) is 3.56. The van der Waals surface area contributed by atoms with Gasteiger partial charge in [0.25, 0.3) is 0 Å². The predicted molar refractivity (Wildman–Crippen MR) is 101 cm³/mol. The Bertz CT molecular complexity index is 812. The number of likely N-dealkylation sites (tertiary alicyclic amines) is 1. The third-order valence-corrected chi connectivity index (χ3v) is 5.23. The van der Waals surface area contributed by atoms with Gasteiger partial charge in [0.1, 0.15) is 16.6 Å². The molecule has 1 unspecified atom stereocenters. The highest BCUT2D eigenvalue weighted by atomic mass is 32.1. The van der Waals surface area contributed by atoms with Gasteiger partial charge in [0, 0.05) is 5.69 Å². The first-order valence-corrected chi connectivity index (χ1v) is 9.65. The standard InChI is InChI=1S/C19H25N3O4S/c1-4-25-18(23)14-7-6-8-21(11-14)12-22-13(3)16(19(24)26-5-2)9-15(10-20)17(22)27/h9,14H,4-8,11-12H2,1-3H3/p+1/t14-/m1/s1. The van der Waals surface area contributed by atoms with E-state index in [0.717, 1.165) is 19.4 Å². The molecule has 1 aliphatic heterocycles. The van der Waals surface area contributed by atoms with Crippen LogP contribution in [0.1, 0.15) is 48.3 Å². The normalized spacial score (nSPS) is 19.2. The third kappa shape index (κ3) is 4.93. The smallest absolute Gasteiger partial charge is 0.339 e. The maximum Gasteiger partial charge on any atom is 0.339 e. The third-order valence-electron chi connectivity index (χ3n) is 4.79. The first kappa shape index (κ1) is 21.1. The number of pyridine rings is 1. The molecule has 1 fully saturated rings. The molecule has 2 heterocycles. The van der Waals surface area contributed by atoms with Crippen molar-refractivity contribution in [2.75, 3.05) is 26.3 Å². The van der Waals surface area contributed by atoms with Crippen LogP contribution in [-0.2, 0) is 20.9 Å². The monoisotopic (exact) mass is 392 g/mol. The number of aromatic nitrogens is 1. The van der Waals surface area contributed by atoms with Gasteiger partial charge in [0.05, 0.1) is 37.4 Å². The second-order valence-corrected chi connectivity index (χ2v) is 6.96. The fraction of sp³-hybridized carbons (Fsp3) is 0.579. The lowest BCUT2D eigenvalue weighted by Crippen LogP contribution is -3.13. The average Bonchev–Trinajstić information content (AvgIpc) is 2.66. The van der Waals surface area contributed by atoms with Crippen molar-refractivity contribution in [1.82, 2.24) is 4.57 Å². The van der Waals surface area contributed by atoms with Crippen LogP contribution >= 0.6 is 12.2 Å². The molecule has 0 amide bonds. The van der Waals surface area contributed by atoms with E-state index in [1.165, 1.54) is 11.0 Å². The van der Waals surface area contributed by atoms with Crippen LogP contribution in [0, 0.1) is 28.8 Å². The van der Waals surface area contributed by atoms with Crippen LogP contribution in [0.4, 0.5) is 0 Å². The molecule has 27 heavy (non-hydrogen) atoms. The van der Waals surface area contributed by atoms with E-state index in [1.54, 1.807) is 20.8 Å². The zero-order valence-corrected chi connectivity index (χ0v) is 16.9. The van der Waals surface area contributed by atoms with Gasteiger partial charge in [-0.15, -0.1) is 0 Å². The number of nitrogens with one attached hydrogen (secondary N) is 1. The largest absolute Gasteiger partial charge is 0.466 e. The summed E-state index contributed by atoms with van der Waals surface area (Å²) in [7, 11) is 0. The summed E-state index contributed by atoms with van der Waals surface area (Å²) in [5.41, 5.74) is 1.29. The van der Waals surface area contributed by atoms with Gasteiger partial charge in [-0.1, -0.05) is 12.2 Å². The molecular weight excluding hydrogens is 366 g/mol. The lowest BCUT2D eigenvalue weighted by atomic mass is 9.98. The quantitative estimate of drug-likeness (QED) is 0.582. The Labute approximate surface area is 164 Å².